The summed E-state index contributed by atoms with van der Waals surface area (Å²) in [5.74, 6) is -0.234. The highest BCUT2D eigenvalue weighted by Gasteiger charge is 2.16. The second kappa shape index (κ2) is 7.20. The molecule has 1 amide bonds. The van der Waals surface area contributed by atoms with E-state index in [2.05, 4.69) is 21.5 Å². The van der Waals surface area contributed by atoms with Crippen molar-refractivity contribution < 1.29 is 4.79 Å². The minimum absolute atomic E-state index is 0.179. The number of carbonyl (C=O) groups is 1. The van der Waals surface area contributed by atoms with E-state index in [0.29, 0.717) is 5.56 Å². The Hall–Kier alpha value is -3.46. The van der Waals surface area contributed by atoms with E-state index >= 15 is 0 Å². The summed E-state index contributed by atoms with van der Waals surface area (Å²) in [6.07, 6.45) is 6.80. The van der Waals surface area contributed by atoms with Gasteiger partial charge in [0.2, 0.25) is 5.91 Å². The van der Waals surface area contributed by atoms with Crippen LogP contribution in [0.4, 0.5) is 0 Å². The molecule has 3 aromatic rings. The average molecular weight is 317 g/mol. The molecular formula is C18H15N5O. The molecule has 118 valence electrons. The van der Waals surface area contributed by atoms with Crippen molar-refractivity contribution in [3.8, 4) is 11.8 Å². The Morgan fingerprint density at radius 2 is 2.04 bits per heavy atom. The third kappa shape index (κ3) is 3.65. The number of aromatic nitrogens is 3. The Balaban J connectivity index is 1.70. The molecule has 24 heavy (non-hydrogen) atoms. The number of nitriles is 1. The van der Waals surface area contributed by atoms with Crippen molar-refractivity contribution in [1.82, 2.24) is 20.1 Å². The summed E-state index contributed by atoms with van der Waals surface area (Å²) in [6.45, 7) is 0. The van der Waals surface area contributed by atoms with E-state index in [1.807, 2.05) is 36.4 Å². The van der Waals surface area contributed by atoms with Gasteiger partial charge in [-0.3, -0.25) is 9.78 Å². The van der Waals surface area contributed by atoms with Crippen LogP contribution in [0.15, 0.2) is 67.3 Å². The van der Waals surface area contributed by atoms with Gasteiger partial charge in [0.05, 0.1) is 24.4 Å². The van der Waals surface area contributed by atoms with Gasteiger partial charge < -0.3 is 5.32 Å². The van der Waals surface area contributed by atoms with E-state index in [0.717, 1.165) is 11.3 Å². The topological polar surface area (TPSA) is 83.6 Å². The third-order valence-corrected chi connectivity index (χ3v) is 3.48. The molecule has 1 N–H and O–H groups in total. The molecule has 3 rings (SSSR count). The Morgan fingerprint density at radius 1 is 1.21 bits per heavy atom. The molecule has 0 saturated heterocycles. The molecular weight excluding hydrogens is 302 g/mol. The van der Waals surface area contributed by atoms with Crippen LogP contribution in [0.1, 0.15) is 17.2 Å². The Morgan fingerprint density at radius 3 is 2.75 bits per heavy atom. The lowest BCUT2D eigenvalue weighted by molar-refractivity contribution is -0.120. The Kier molecular flexibility index (Phi) is 4.63. The molecule has 1 atom stereocenters. The maximum atomic E-state index is 12.1. The first-order chi connectivity index (χ1) is 11.8. The molecule has 2 aromatic heterocycles. The number of carbonyl (C=O) groups excluding carboxylic acids is 1. The van der Waals surface area contributed by atoms with E-state index in [-0.39, 0.29) is 12.3 Å². The number of rotatable bonds is 5. The molecule has 0 aliphatic carbocycles. The predicted molar refractivity (Wildman–Crippen MR) is 88.0 cm³/mol. The summed E-state index contributed by atoms with van der Waals surface area (Å²) in [4.78, 5) is 16.1. The van der Waals surface area contributed by atoms with Gasteiger partial charge in [0.15, 0.2) is 0 Å². The zero-order valence-corrected chi connectivity index (χ0v) is 12.8. The number of hydrogen-bond acceptors (Lipinski definition) is 4. The molecule has 0 radical (unpaired) electrons. The molecule has 0 aliphatic heterocycles. The van der Waals surface area contributed by atoms with Crippen molar-refractivity contribution in [2.45, 2.75) is 12.5 Å². The SMILES string of the molecule is N#C[C@H](NC(=O)Cc1cccnc1)c1cnn(-c2ccccc2)c1. The summed E-state index contributed by atoms with van der Waals surface area (Å²) >= 11 is 0. The van der Waals surface area contributed by atoms with Gasteiger partial charge in [-0.1, -0.05) is 24.3 Å². The number of hydrogen-bond donors (Lipinski definition) is 1. The van der Waals surface area contributed by atoms with Gasteiger partial charge >= 0.3 is 0 Å². The smallest absolute Gasteiger partial charge is 0.225 e. The van der Waals surface area contributed by atoms with Crippen molar-refractivity contribution in [3.63, 3.8) is 0 Å². The summed E-state index contributed by atoms with van der Waals surface area (Å²) in [6, 6.07) is 14.5. The molecule has 6 heteroatoms. The predicted octanol–water partition coefficient (Wildman–Crippen LogP) is 2.19. The second-order valence-corrected chi connectivity index (χ2v) is 5.22. The third-order valence-electron chi connectivity index (χ3n) is 3.48. The number of amides is 1. The van der Waals surface area contributed by atoms with E-state index in [1.165, 1.54) is 0 Å². The summed E-state index contributed by atoms with van der Waals surface area (Å²) in [5.41, 5.74) is 2.33. The van der Waals surface area contributed by atoms with Crippen LogP contribution >= 0.6 is 0 Å². The van der Waals surface area contributed by atoms with Crippen molar-refractivity contribution in [2.24, 2.45) is 0 Å². The first-order valence-electron chi connectivity index (χ1n) is 7.44. The van der Waals surface area contributed by atoms with E-state index in [1.54, 1.807) is 35.5 Å². The van der Waals surface area contributed by atoms with E-state index < -0.39 is 6.04 Å². The van der Waals surface area contributed by atoms with Gasteiger partial charge in [-0.2, -0.15) is 10.4 Å². The molecule has 0 spiro atoms. The minimum atomic E-state index is -0.744. The fourth-order valence-electron chi connectivity index (χ4n) is 2.30. The lowest BCUT2D eigenvalue weighted by Crippen LogP contribution is -2.28. The summed E-state index contributed by atoms with van der Waals surface area (Å²) < 4.78 is 1.67. The van der Waals surface area contributed by atoms with Crippen LogP contribution in [-0.2, 0) is 11.2 Å². The van der Waals surface area contributed by atoms with Crippen molar-refractivity contribution in [1.29, 1.82) is 5.26 Å². The van der Waals surface area contributed by atoms with E-state index in [9.17, 15) is 10.1 Å². The minimum Gasteiger partial charge on any atom is -0.336 e. The molecule has 0 fully saturated rings. The van der Waals surface area contributed by atoms with Crippen molar-refractivity contribution in [3.05, 3.63) is 78.4 Å². The molecule has 0 unspecified atom stereocenters. The van der Waals surface area contributed by atoms with Crippen LogP contribution in [0.25, 0.3) is 5.69 Å². The highest BCUT2D eigenvalue weighted by molar-refractivity contribution is 5.79. The van der Waals surface area contributed by atoms with Crippen LogP contribution < -0.4 is 5.32 Å². The summed E-state index contributed by atoms with van der Waals surface area (Å²) in [5, 5.41) is 16.3. The molecule has 0 bridgehead atoms. The first-order valence-corrected chi connectivity index (χ1v) is 7.44. The zero-order chi connectivity index (χ0) is 16.8. The monoisotopic (exact) mass is 317 g/mol. The average Bonchev–Trinajstić information content (AvgIpc) is 3.11. The maximum absolute atomic E-state index is 12.1. The van der Waals surface area contributed by atoms with Crippen LogP contribution in [0, 0.1) is 11.3 Å². The van der Waals surface area contributed by atoms with Gasteiger partial charge in [-0.25, -0.2) is 4.68 Å². The van der Waals surface area contributed by atoms with E-state index in [4.69, 9.17) is 0 Å². The Labute approximate surface area is 139 Å². The maximum Gasteiger partial charge on any atom is 0.225 e. The van der Waals surface area contributed by atoms with Gasteiger partial charge in [0, 0.05) is 24.2 Å². The van der Waals surface area contributed by atoms with Gasteiger partial charge in [-0.05, 0) is 23.8 Å². The van der Waals surface area contributed by atoms with Crippen molar-refractivity contribution >= 4 is 5.91 Å². The Bertz CT molecular complexity index is 852. The fourth-order valence-corrected chi connectivity index (χ4v) is 2.30. The molecule has 0 saturated carbocycles. The molecule has 1 aromatic carbocycles. The highest BCUT2D eigenvalue weighted by Crippen LogP contribution is 2.14. The highest BCUT2D eigenvalue weighted by atomic mass is 16.1. The largest absolute Gasteiger partial charge is 0.336 e. The van der Waals surface area contributed by atoms with Gasteiger partial charge in [-0.15, -0.1) is 0 Å². The number of para-hydroxylation sites is 1. The lowest BCUT2D eigenvalue weighted by atomic mass is 10.1. The van der Waals surface area contributed by atoms with Crippen LogP contribution in [0.5, 0.6) is 0 Å². The summed E-state index contributed by atoms with van der Waals surface area (Å²) in [7, 11) is 0. The standard InChI is InChI=1S/C18H15N5O/c19-10-17(22-18(24)9-14-5-4-8-20-11-14)15-12-21-23(13-15)16-6-2-1-3-7-16/h1-8,11-13,17H,9H2,(H,22,24)/t17-/m0/s1. The van der Waals surface area contributed by atoms with Crippen LogP contribution in [0.3, 0.4) is 0 Å². The normalized spacial score (nSPS) is 11.5. The molecule has 6 nitrogen and oxygen atoms in total. The molecule has 0 aliphatic rings. The second-order valence-electron chi connectivity index (χ2n) is 5.22. The fraction of sp³-hybridized carbons (Fsp3) is 0.111. The number of pyridine rings is 1. The number of nitrogens with zero attached hydrogens (tertiary/aromatic N) is 4. The van der Waals surface area contributed by atoms with Crippen LogP contribution in [0.2, 0.25) is 0 Å². The quantitative estimate of drug-likeness (QED) is 0.782. The first kappa shape index (κ1) is 15.4. The van der Waals surface area contributed by atoms with Gasteiger partial charge in [0.1, 0.15) is 6.04 Å². The number of nitrogens with one attached hydrogen (secondary N) is 1. The van der Waals surface area contributed by atoms with Crippen molar-refractivity contribution in [2.75, 3.05) is 0 Å². The van der Waals surface area contributed by atoms with Gasteiger partial charge in [0.25, 0.3) is 0 Å². The van der Waals surface area contributed by atoms with Crippen LogP contribution in [-0.4, -0.2) is 20.7 Å². The lowest BCUT2D eigenvalue weighted by Gasteiger charge is -2.09. The molecule has 2 heterocycles. The zero-order valence-electron chi connectivity index (χ0n) is 12.8. The number of benzene rings is 1.